The first-order valence-corrected chi connectivity index (χ1v) is 7.47. The van der Waals surface area contributed by atoms with E-state index in [0.29, 0.717) is 19.6 Å². The fraction of sp³-hybridized carbons (Fsp3) is 0.312. The first-order valence-electron chi connectivity index (χ1n) is 7.47. The molecule has 23 heavy (non-hydrogen) atoms. The van der Waals surface area contributed by atoms with E-state index in [0.717, 1.165) is 17.8 Å². The topological polar surface area (TPSA) is 84.5 Å². The van der Waals surface area contributed by atoms with E-state index in [9.17, 15) is 9.59 Å². The summed E-state index contributed by atoms with van der Waals surface area (Å²) in [6, 6.07) is 8.16. The van der Waals surface area contributed by atoms with Crippen LogP contribution < -0.4 is 5.73 Å². The van der Waals surface area contributed by atoms with Gasteiger partial charge in [-0.3, -0.25) is 14.5 Å². The van der Waals surface area contributed by atoms with Crippen molar-refractivity contribution in [1.82, 2.24) is 19.4 Å². The fourth-order valence-electron chi connectivity index (χ4n) is 2.69. The van der Waals surface area contributed by atoms with Crippen LogP contribution in [0.5, 0.6) is 0 Å². The molecule has 2 N–H and O–H groups in total. The van der Waals surface area contributed by atoms with E-state index in [2.05, 4.69) is 22.0 Å². The minimum atomic E-state index is -0.470. The van der Waals surface area contributed by atoms with Crippen molar-refractivity contribution in [2.24, 2.45) is 5.73 Å². The summed E-state index contributed by atoms with van der Waals surface area (Å²) in [4.78, 5) is 30.5. The van der Waals surface area contributed by atoms with E-state index in [1.54, 1.807) is 12.5 Å². The lowest BCUT2D eigenvalue weighted by atomic mass is 10.1. The monoisotopic (exact) mass is 313 g/mol. The van der Waals surface area contributed by atoms with E-state index in [-0.39, 0.29) is 12.5 Å². The van der Waals surface area contributed by atoms with Crippen LogP contribution in [0.1, 0.15) is 5.56 Å². The molecule has 1 aromatic carbocycles. The molecule has 1 aromatic heterocycles. The third-order valence-corrected chi connectivity index (χ3v) is 3.89. The first kappa shape index (κ1) is 15.2. The molecule has 1 fully saturated rings. The fourth-order valence-corrected chi connectivity index (χ4v) is 2.69. The highest BCUT2D eigenvalue weighted by molar-refractivity contribution is 5.85. The van der Waals surface area contributed by atoms with Gasteiger partial charge in [0.1, 0.15) is 0 Å². The van der Waals surface area contributed by atoms with Crippen LogP contribution in [-0.4, -0.2) is 57.3 Å². The molecule has 0 unspecified atom stereocenters. The third kappa shape index (κ3) is 3.75. The summed E-state index contributed by atoms with van der Waals surface area (Å²) < 4.78 is 1.94. The molecule has 120 valence electrons. The highest BCUT2D eigenvalue weighted by atomic mass is 16.2. The van der Waals surface area contributed by atoms with E-state index in [1.165, 1.54) is 4.90 Å². The van der Waals surface area contributed by atoms with Crippen molar-refractivity contribution in [3.63, 3.8) is 0 Å². The molecule has 7 nitrogen and oxygen atoms in total. The number of aromatic nitrogens is 2. The van der Waals surface area contributed by atoms with Crippen molar-refractivity contribution in [2.75, 3.05) is 26.2 Å². The minimum Gasteiger partial charge on any atom is -0.368 e. The van der Waals surface area contributed by atoms with Gasteiger partial charge in [0.25, 0.3) is 0 Å². The van der Waals surface area contributed by atoms with Crippen molar-refractivity contribution >= 4 is 11.8 Å². The van der Waals surface area contributed by atoms with Crippen LogP contribution in [-0.2, 0) is 16.1 Å². The SMILES string of the molecule is NC(=O)CN1CCN(Cc2ccc(-n3ccnc3)cc2)CC1=O. The van der Waals surface area contributed by atoms with Gasteiger partial charge in [0.2, 0.25) is 11.8 Å². The number of imidazole rings is 1. The van der Waals surface area contributed by atoms with Crippen molar-refractivity contribution in [3.8, 4) is 5.69 Å². The largest absolute Gasteiger partial charge is 0.368 e. The van der Waals surface area contributed by atoms with Crippen molar-refractivity contribution in [1.29, 1.82) is 0 Å². The predicted molar refractivity (Wildman–Crippen MR) is 84.6 cm³/mol. The van der Waals surface area contributed by atoms with Gasteiger partial charge in [0.05, 0.1) is 19.4 Å². The molecular weight excluding hydrogens is 294 g/mol. The van der Waals surface area contributed by atoms with Gasteiger partial charge < -0.3 is 15.2 Å². The van der Waals surface area contributed by atoms with Crippen LogP contribution in [0.4, 0.5) is 0 Å². The number of hydrogen-bond acceptors (Lipinski definition) is 4. The lowest BCUT2D eigenvalue weighted by Crippen LogP contribution is -2.52. The zero-order valence-electron chi connectivity index (χ0n) is 12.8. The quantitative estimate of drug-likeness (QED) is 0.842. The van der Waals surface area contributed by atoms with E-state index in [4.69, 9.17) is 5.73 Å². The van der Waals surface area contributed by atoms with Gasteiger partial charge in [-0.2, -0.15) is 0 Å². The Kier molecular flexibility index (Phi) is 4.38. The van der Waals surface area contributed by atoms with Crippen LogP contribution in [0.3, 0.4) is 0 Å². The maximum absolute atomic E-state index is 12.0. The highest BCUT2D eigenvalue weighted by Gasteiger charge is 2.24. The number of carbonyl (C=O) groups is 2. The number of primary amides is 1. The molecule has 0 bridgehead atoms. The van der Waals surface area contributed by atoms with E-state index in [1.807, 2.05) is 22.9 Å². The Balaban J connectivity index is 1.58. The van der Waals surface area contributed by atoms with Crippen LogP contribution in [0, 0.1) is 0 Å². The maximum Gasteiger partial charge on any atom is 0.237 e. The molecule has 2 amide bonds. The number of amides is 2. The Morgan fingerprint density at radius 2 is 2.00 bits per heavy atom. The summed E-state index contributed by atoms with van der Waals surface area (Å²) >= 11 is 0. The Hall–Kier alpha value is -2.67. The highest BCUT2D eigenvalue weighted by Crippen LogP contribution is 2.13. The van der Waals surface area contributed by atoms with Crippen LogP contribution >= 0.6 is 0 Å². The van der Waals surface area contributed by atoms with Crippen molar-refractivity contribution in [3.05, 3.63) is 48.5 Å². The first-order chi connectivity index (χ1) is 11.1. The molecule has 0 atom stereocenters. The van der Waals surface area contributed by atoms with Gasteiger partial charge >= 0.3 is 0 Å². The van der Waals surface area contributed by atoms with Crippen LogP contribution in [0.15, 0.2) is 43.0 Å². The second-order valence-corrected chi connectivity index (χ2v) is 5.63. The Labute approximate surface area is 134 Å². The van der Waals surface area contributed by atoms with Gasteiger partial charge in [-0.1, -0.05) is 12.1 Å². The number of hydrogen-bond donors (Lipinski definition) is 1. The number of carbonyl (C=O) groups excluding carboxylic acids is 2. The molecule has 1 aliphatic heterocycles. The number of nitrogens with zero attached hydrogens (tertiary/aromatic N) is 4. The number of benzene rings is 1. The summed E-state index contributed by atoms with van der Waals surface area (Å²) in [5.41, 5.74) is 7.34. The zero-order valence-corrected chi connectivity index (χ0v) is 12.8. The molecule has 0 spiro atoms. The molecule has 1 saturated heterocycles. The van der Waals surface area contributed by atoms with Crippen LogP contribution in [0.2, 0.25) is 0 Å². The standard InChI is InChI=1S/C16H19N5O2/c17-15(22)10-20-8-7-19(11-16(20)23)9-13-1-3-14(4-2-13)21-6-5-18-12-21/h1-6,12H,7-11H2,(H2,17,22). The van der Waals surface area contributed by atoms with Gasteiger partial charge in [-0.15, -0.1) is 0 Å². The molecule has 7 heteroatoms. The molecule has 2 heterocycles. The average Bonchev–Trinajstić information content (AvgIpc) is 3.05. The summed E-state index contributed by atoms with van der Waals surface area (Å²) in [5, 5.41) is 0. The van der Waals surface area contributed by atoms with Crippen molar-refractivity contribution < 1.29 is 9.59 Å². The van der Waals surface area contributed by atoms with Gasteiger partial charge in [-0.25, -0.2) is 4.98 Å². The van der Waals surface area contributed by atoms with E-state index >= 15 is 0 Å². The van der Waals surface area contributed by atoms with Crippen LogP contribution in [0.25, 0.3) is 5.69 Å². The molecule has 1 aliphatic rings. The second kappa shape index (κ2) is 6.62. The minimum absolute atomic E-state index is 0.00623. The molecule has 3 rings (SSSR count). The Morgan fingerprint density at radius 1 is 1.22 bits per heavy atom. The third-order valence-electron chi connectivity index (χ3n) is 3.89. The number of nitrogens with two attached hydrogens (primary N) is 1. The number of rotatable bonds is 5. The molecular formula is C16H19N5O2. The predicted octanol–water partition coefficient (Wildman–Crippen LogP) is 0.00180. The molecule has 0 saturated carbocycles. The Bertz CT molecular complexity index is 681. The summed E-state index contributed by atoms with van der Waals surface area (Å²) in [6.45, 7) is 2.31. The Morgan fingerprint density at radius 3 is 2.61 bits per heavy atom. The van der Waals surface area contributed by atoms with Gasteiger partial charge in [0.15, 0.2) is 0 Å². The second-order valence-electron chi connectivity index (χ2n) is 5.63. The summed E-state index contributed by atoms with van der Waals surface area (Å²) in [5.74, 6) is -0.521. The van der Waals surface area contributed by atoms with Crippen molar-refractivity contribution in [2.45, 2.75) is 6.54 Å². The van der Waals surface area contributed by atoms with Gasteiger partial charge in [0, 0.05) is 37.7 Å². The van der Waals surface area contributed by atoms with Gasteiger partial charge in [-0.05, 0) is 17.7 Å². The lowest BCUT2D eigenvalue weighted by molar-refractivity contribution is -0.139. The lowest BCUT2D eigenvalue weighted by Gasteiger charge is -2.33. The molecule has 0 aliphatic carbocycles. The molecule has 2 aromatic rings. The zero-order chi connectivity index (χ0) is 16.2. The van der Waals surface area contributed by atoms with E-state index < -0.39 is 5.91 Å². The molecule has 0 radical (unpaired) electrons. The smallest absolute Gasteiger partial charge is 0.237 e. The number of piperazine rings is 1. The summed E-state index contributed by atoms with van der Waals surface area (Å²) in [7, 11) is 0. The maximum atomic E-state index is 12.0. The normalized spacial score (nSPS) is 15.8. The summed E-state index contributed by atoms with van der Waals surface area (Å²) in [6.07, 6.45) is 5.39. The average molecular weight is 313 g/mol.